The van der Waals surface area contributed by atoms with Crippen LogP contribution >= 0.6 is 11.8 Å². The van der Waals surface area contributed by atoms with Crippen molar-refractivity contribution >= 4 is 23.4 Å². The van der Waals surface area contributed by atoms with E-state index in [0.717, 1.165) is 36.7 Å². The fourth-order valence-corrected chi connectivity index (χ4v) is 2.77. The first-order valence-electron chi connectivity index (χ1n) is 5.91. The molecule has 1 aromatic rings. The van der Waals surface area contributed by atoms with E-state index >= 15 is 0 Å². The number of nitrogens with zero attached hydrogens (tertiary/aromatic N) is 1. The lowest BCUT2D eigenvalue weighted by molar-refractivity contribution is 0.0697. The van der Waals surface area contributed by atoms with Crippen LogP contribution in [-0.4, -0.2) is 35.7 Å². The molecule has 0 saturated heterocycles. The highest BCUT2D eigenvalue weighted by molar-refractivity contribution is 7.99. The molecular weight excluding hydrogens is 234 g/mol. The molecule has 3 nitrogen and oxygen atoms in total. The van der Waals surface area contributed by atoms with Crippen LogP contribution < -0.4 is 4.90 Å². The molecule has 0 unspecified atom stereocenters. The highest BCUT2D eigenvalue weighted by atomic mass is 32.2. The summed E-state index contributed by atoms with van der Waals surface area (Å²) in [5, 5.41) is 8.99. The zero-order chi connectivity index (χ0) is 12.3. The first kappa shape index (κ1) is 12.3. The van der Waals surface area contributed by atoms with Crippen LogP contribution in [0.5, 0.6) is 0 Å². The molecule has 0 amide bonds. The van der Waals surface area contributed by atoms with E-state index in [4.69, 9.17) is 5.11 Å². The maximum Gasteiger partial charge on any atom is 0.335 e. The van der Waals surface area contributed by atoms with Gasteiger partial charge in [0.2, 0.25) is 0 Å². The summed E-state index contributed by atoms with van der Waals surface area (Å²) < 4.78 is 0. The van der Waals surface area contributed by atoms with E-state index in [1.807, 2.05) is 17.8 Å². The maximum atomic E-state index is 10.9. The van der Waals surface area contributed by atoms with Crippen molar-refractivity contribution in [3.8, 4) is 0 Å². The van der Waals surface area contributed by atoms with E-state index in [2.05, 4.69) is 11.8 Å². The van der Waals surface area contributed by atoms with Crippen molar-refractivity contribution in [2.24, 2.45) is 0 Å². The number of hydrogen-bond acceptors (Lipinski definition) is 3. The van der Waals surface area contributed by atoms with Gasteiger partial charge in [-0.1, -0.05) is 13.0 Å². The second-order valence-electron chi connectivity index (χ2n) is 4.08. The molecule has 1 heterocycles. The SMILES string of the molecule is CCSCCN1CCc2ccc(C(=O)O)cc21. The van der Waals surface area contributed by atoms with Crippen molar-refractivity contribution in [1.29, 1.82) is 0 Å². The number of anilines is 1. The molecule has 1 aliphatic heterocycles. The van der Waals surface area contributed by atoms with E-state index in [9.17, 15) is 4.79 Å². The standard InChI is InChI=1S/C13H17NO2S/c1-2-17-8-7-14-6-5-10-3-4-11(13(15)16)9-12(10)14/h3-4,9H,2,5-8H2,1H3,(H,15,16). The lowest BCUT2D eigenvalue weighted by Crippen LogP contribution is -2.23. The smallest absolute Gasteiger partial charge is 0.335 e. The number of carbonyl (C=O) groups is 1. The molecule has 0 radical (unpaired) electrons. The predicted molar refractivity (Wildman–Crippen MR) is 72.3 cm³/mol. The topological polar surface area (TPSA) is 40.5 Å². The van der Waals surface area contributed by atoms with Gasteiger partial charge in [-0.25, -0.2) is 4.79 Å². The van der Waals surface area contributed by atoms with Crippen LogP contribution in [0.15, 0.2) is 18.2 Å². The molecule has 92 valence electrons. The van der Waals surface area contributed by atoms with Gasteiger partial charge in [-0.2, -0.15) is 11.8 Å². The summed E-state index contributed by atoms with van der Waals surface area (Å²) in [6, 6.07) is 5.46. The number of hydrogen-bond donors (Lipinski definition) is 1. The van der Waals surface area contributed by atoms with Gasteiger partial charge in [0.1, 0.15) is 0 Å². The van der Waals surface area contributed by atoms with Gasteiger partial charge in [0, 0.05) is 24.5 Å². The molecule has 0 atom stereocenters. The second-order valence-corrected chi connectivity index (χ2v) is 5.48. The quantitative estimate of drug-likeness (QED) is 0.816. The predicted octanol–water partition coefficient (Wildman–Crippen LogP) is 2.50. The molecule has 0 aromatic heterocycles. The molecule has 1 aromatic carbocycles. The molecule has 0 fully saturated rings. The fraction of sp³-hybridized carbons (Fsp3) is 0.462. The first-order chi connectivity index (χ1) is 8.22. The molecule has 0 aliphatic carbocycles. The number of carboxylic acid groups (broad SMARTS) is 1. The van der Waals surface area contributed by atoms with Crippen molar-refractivity contribution in [2.45, 2.75) is 13.3 Å². The van der Waals surface area contributed by atoms with Gasteiger partial charge >= 0.3 is 5.97 Å². The second kappa shape index (κ2) is 5.45. The highest BCUT2D eigenvalue weighted by Gasteiger charge is 2.19. The Kier molecular flexibility index (Phi) is 3.94. The molecule has 0 bridgehead atoms. The normalized spacial score (nSPS) is 13.8. The Balaban J connectivity index is 2.12. The Bertz CT molecular complexity index is 420. The summed E-state index contributed by atoms with van der Waals surface area (Å²) in [5.74, 6) is 1.39. The van der Waals surface area contributed by atoms with Gasteiger partial charge in [0.05, 0.1) is 5.56 Å². The minimum absolute atomic E-state index is 0.388. The third kappa shape index (κ3) is 2.75. The van der Waals surface area contributed by atoms with Crippen LogP contribution in [-0.2, 0) is 6.42 Å². The lowest BCUT2D eigenvalue weighted by Gasteiger charge is -2.19. The number of rotatable bonds is 5. The fourth-order valence-electron chi connectivity index (χ4n) is 2.13. The minimum atomic E-state index is -0.845. The highest BCUT2D eigenvalue weighted by Crippen LogP contribution is 2.29. The first-order valence-corrected chi connectivity index (χ1v) is 7.06. The summed E-state index contributed by atoms with van der Waals surface area (Å²) >= 11 is 1.92. The average molecular weight is 251 g/mol. The summed E-state index contributed by atoms with van der Waals surface area (Å²) in [5.41, 5.74) is 2.77. The summed E-state index contributed by atoms with van der Waals surface area (Å²) in [6.07, 6.45) is 1.03. The van der Waals surface area contributed by atoms with Gasteiger partial charge in [0.15, 0.2) is 0 Å². The van der Waals surface area contributed by atoms with Crippen LogP contribution in [0.4, 0.5) is 5.69 Å². The number of aromatic carboxylic acids is 1. The molecule has 4 heteroatoms. The van der Waals surface area contributed by atoms with E-state index in [0.29, 0.717) is 5.56 Å². The van der Waals surface area contributed by atoms with Gasteiger partial charge in [-0.15, -0.1) is 0 Å². The lowest BCUT2D eigenvalue weighted by atomic mass is 10.1. The van der Waals surface area contributed by atoms with Gasteiger partial charge in [-0.05, 0) is 29.9 Å². The molecule has 1 aliphatic rings. The molecule has 1 N–H and O–H groups in total. The third-order valence-corrected chi connectivity index (χ3v) is 3.91. The number of benzene rings is 1. The van der Waals surface area contributed by atoms with Crippen molar-refractivity contribution in [3.05, 3.63) is 29.3 Å². The molecule has 17 heavy (non-hydrogen) atoms. The number of carboxylic acids is 1. The molecular formula is C13H17NO2S. The summed E-state index contributed by atoms with van der Waals surface area (Å²) in [7, 11) is 0. The Labute approximate surface area is 106 Å². The Morgan fingerprint density at radius 2 is 2.35 bits per heavy atom. The van der Waals surface area contributed by atoms with Gasteiger partial charge < -0.3 is 10.0 Å². The van der Waals surface area contributed by atoms with Crippen molar-refractivity contribution in [3.63, 3.8) is 0 Å². The zero-order valence-electron chi connectivity index (χ0n) is 9.98. The van der Waals surface area contributed by atoms with Crippen molar-refractivity contribution < 1.29 is 9.90 Å². The van der Waals surface area contributed by atoms with Crippen LogP contribution in [0.25, 0.3) is 0 Å². The Morgan fingerprint density at radius 1 is 1.53 bits per heavy atom. The Morgan fingerprint density at radius 3 is 3.06 bits per heavy atom. The monoisotopic (exact) mass is 251 g/mol. The Hall–Kier alpha value is -1.16. The number of fused-ring (bicyclic) bond motifs is 1. The summed E-state index contributed by atoms with van der Waals surface area (Å²) in [6.45, 7) is 4.18. The largest absolute Gasteiger partial charge is 0.478 e. The summed E-state index contributed by atoms with van der Waals surface area (Å²) in [4.78, 5) is 13.2. The number of thioether (sulfide) groups is 1. The van der Waals surface area contributed by atoms with E-state index < -0.39 is 5.97 Å². The van der Waals surface area contributed by atoms with E-state index in [-0.39, 0.29) is 0 Å². The maximum absolute atomic E-state index is 10.9. The van der Waals surface area contributed by atoms with Crippen LogP contribution in [0.3, 0.4) is 0 Å². The molecule has 2 rings (SSSR count). The van der Waals surface area contributed by atoms with E-state index in [1.165, 1.54) is 5.56 Å². The average Bonchev–Trinajstić information content (AvgIpc) is 2.72. The zero-order valence-corrected chi connectivity index (χ0v) is 10.8. The van der Waals surface area contributed by atoms with Crippen LogP contribution in [0.2, 0.25) is 0 Å². The van der Waals surface area contributed by atoms with Crippen molar-refractivity contribution in [1.82, 2.24) is 0 Å². The van der Waals surface area contributed by atoms with Crippen molar-refractivity contribution in [2.75, 3.05) is 29.5 Å². The molecule has 0 spiro atoms. The van der Waals surface area contributed by atoms with Gasteiger partial charge in [0.25, 0.3) is 0 Å². The van der Waals surface area contributed by atoms with Crippen LogP contribution in [0.1, 0.15) is 22.8 Å². The third-order valence-electron chi connectivity index (χ3n) is 3.03. The van der Waals surface area contributed by atoms with E-state index in [1.54, 1.807) is 12.1 Å². The van der Waals surface area contributed by atoms with Crippen LogP contribution in [0, 0.1) is 0 Å². The molecule has 0 saturated carbocycles. The van der Waals surface area contributed by atoms with Gasteiger partial charge in [-0.3, -0.25) is 0 Å². The minimum Gasteiger partial charge on any atom is -0.478 e.